The molecular weight excluding hydrogens is 360 g/mol. The Labute approximate surface area is 151 Å². The predicted molar refractivity (Wildman–Crippen MR) is 97.8 cm³/mol. The Kier molecular flexibility index (Phi) is 4.75. The van der Waals surface area contributed by atoms with Crippen molar-refractivity contribution in [2.75, 3.05) is 11.8 Å². The van der Waals surface area contributed by atoms with Gasteiger partial charge in [-0.1, -0.05) is 6.92 Å². The van der Waals surface area contributed by atoms with Gasteiger partial charge in [0, 0.05) is 4.88 Å². The van der Waals surface area contributed by atoms with E-state index < -0.39 is 15.9 Å². The van der Waals surface area contributed by atoms with Crippen LogP contribution < -0.4 is 15.2 Å². The molecule has 0 bridgehead atoms. The van der Waals surface area contributed by atoms with Crippen molar-refractivity contribution >= 4 is 32.3 Å². The molecule has 0 saturated carbocycles. The van der Waals surface area contributed by atoms with E-state index in [-0.39, 0.29) is 4.90 Å². The fourth-order valence-corrected chi connectivity index (χ4v) is 5.74. The number of nitrogens with one attached hydrogen (secondary N) is 1. The average molecular weight is 380 g/mol. The first-order valence-corrected chi connectivity index (χ1v) is 10.2. The summed E-state index contributed by atoms with van der Waals surface area (Å²) in [4.78, 5) is 13.1. The smallest absolute Gasteiger partial charge is 0.262 e. The second kappa shape index (κ2) is 6.68. The van der Waals surface area contributed by atoms with Gasteiger partial charge in [0.25, 0.3) is 15.9 Å². The predicted octanol–water partition coefficient (Wildman–Crippen LogP) is 2.78. The van der Waals surface area contributed by atoms with E-state index >= 15 is 0 Å². The third kappa shape index (κ3) is 3.50. The maximum Gasteiger partial charge on any atom is 0.262 e. The van der Waals surface area contributed by atoms with Crippen LogP contribution >= 0.6 is 11.3 Å². The van der Waals surface area contributed by atoms with Gasteiger partial charge in [-0.25, -0.2) is 8.42 Å². The molecule has 1 aliphatic carbocycles. The van der Waals surface area contributed by atoms with E-state index in [0.717, 1.165) is 29.7 Å². The number of fused-ring (bicyclic) bond motifs is 1. The number of anilines is 1. The number of sulfonamides is 1. The van der Waals surface area contributed by atoms with Crippen molar-refractivity contribution < 1.29 is 17.9 Å². The van der Waals surface area contributed by atoms with Crippen LogP contribution in [0.1, 0.15) is 34.1 Å². The van der Waals surface area contributed by atoms with Gasteiger partial charge in [-0.15, -0.1) is 11.3 Å². The number of hydrogen-bond donors (Lipinski definition) is 2. The molecule has 3 rings (SSSR count). The van der Waals surface area contributed by atoms with Crippen molar-refractivity contribution in [3.8, 4) is 5.75 Å². The summed E-state index contributed by atoms with van der Waals surface area (Å²) in [6.45, 7) is 2.15. The molecule has 0 unspecified atom stereocenters. The van der Waals surface area contributed by atoms with Crippen molar-refractivity contribution in [2.24, 2.45) is 11.7 Å². The van der Waals surface area contributed by atoms with Gasteiger partial charge < -0.3 is 10.5 Å². The van der Waals surface area contributed by atoms with Gasteiger partial charge in [-0.3, -0.25) is 9.52 Å². The highest BCUT2D eigenvalue weighted by atomic mass is 32.2. The van der Waals surface area contributed by atoms with E-state index in [9.17, 15) is 13.2 Å². The molecule has 134 valence electrons. The van der Waals surface area contributed by atoms with Gasteiger partial charge >= 0.3 is 0 Å². The Hall–Kier alpha value is -2.06. The number of benzene rings is 1. The number of amides is 1. The molecular formula is C17H20N2O4S2. The summed E-state index contributed by atoms with van der Waals surface area (Å²) in [6.07, 6.45) is 2.55. The standard InChI is InChI=1S/C17H20N2O4S2/c1-10-3-8-13-14(9-10)24-17(15(13)16(18)20)19-25(21,22)12-6-4-11(23-2)5-7-12/h4-7,10,19H,3,8-9H2,1-2H3,(H2,18,20)/t10-/m0/s1. The minimum absolute atomic E-state index is 0.100. The molecule has 0 aliphatic heterocycles. The lowest BCUT2D eigenvalue weighted by Crippen LogP contribution is -2.19. The molecule has 1 aromatic heterocycles. The highest BCUT2D eigenvalue weighted by Gasteiger charge is 2.28. The first-order valence-electron chi connectivity index (χ1n) is 7.93. The molecule has 6 nitrogen and oxygen atoms in total. The Balaban J connectivity index is 1.97. The summed E-state index contributed by atoms with van der Waals surface area (Å²) in [7, 11) is -2.30. The zero-order valence-corrected chi connectivity index (χ0v) is 15.7. The summed E-state index contributed by atoms with van der Waals surface area (Å²) < 4.78 is 32.9. The number of nitrogens with two attached hydrogens (primary N) is 1. The molecule has 0 saturated heterocycles. The first-order chi connectivity index (χ1) is 11.8. The second-order valence-corrected chi connectivity index (χ2v) is 8.99. The molecule has 1 heterocycles. The van der Waals surface area contributed by atoms with Crippen LogP contribution in [-0.4, -0.2) is 21.4 Å². The van der Waals surface area contributed by atoms with E-state index in [2.05, 4.69) is 11.6 Å². The number of hydrogen-bond acceptors (Lipinski definition) is 5. The molecule has 0 radical (unpaired) electrons. The van der Waals surface area contributed by atoms with Crippen molar-refractivity contribution in [1.29, 1.82) is 0 Å². The number of ether oxygens (including phenoxy) is 1. The van der Waals surface area contributed by atoms with Gasteiger partial charge in [0.15, 0.2) is 0 Å². The number of primary amides is 1. The Morgan fingerprint density at radius 2 is 2.00 bits per heavy atom. The van der Waals surface area contributed by atoms with Gasteiger partial charge in [0.1, 0.15) is 10.8 Å². The largest absolute Gasteiger partial charge is 0.497 e. The molecule has 8 heteroatoms. The highest BCUT2D eigenvalue weighted by molar-refractivity contribution is 7.93. The van der Waals surface area contributed by atoms with Gasteiger partial charge in [-0.2, -0.15) is 0 Å². The summed E-state index contributed by atoms with van der Waals surface area (Å²) in [5.41, 5.74) is 6.73. The lowest BCUT2D eigenvalue weighted by Gasteiger charge is -2.18. The quantitative estimate of drug-likeness (QED) is 0.833. The zero-order valence-electron chi connectivity index (χ0n) is 14.0. The Morgan fingerprint density at radius 1 is 1.32 bits per heavy atom. The summed E-state index contributed by atoms with van der Waals surface area (Å²) >= 11 is 1.31. The lowest BCUT2D eigenvalue weighted by atomic mass is 9.88. The first kappa shape index (κ1) is 17.8. The SMILES string of the molecule is COc1ccc(S(=O)(=O)Nc2sc3c(c2C(N)=O)CC[C@H](C)C3)cc1. The van der Waals surface area contributed by atoms with Crippen LogP contribution in [0.15, 0.2) is 29.2 Å². The minimum Gasteiger partial charge on any atom is -0.497 e. The van der Waals surface area contributed by atoms with Crippen LogP contribution in [0.25, 0.3) is 0 Å². The molecule has 1 aliphatic rings. The fraction of sp³-hybridized carbons (Fsp3) is 0.353. The number of thiophene rings is 1. The van der Waals surface area contributed by atoms with E-state index in [4.69, 9.17) is 10.5 Å². The highest BCUT2D eigenvalue weighted by Crippen LogP contribution is 2.40. The van der Waals surface area contributed by atoms with Gasteiger partial charge in [-0.05, 0) is 55.0 Å². The number of methoxy groups -OCH3 is 1. The van der Waals surface area contributed by atoms with Crippen LogP contribution in [0.5, 0.6) is 5.75 Å². The molecule has 0 spiro atoms. The summed E-state index contributed by atoms with van der Waals surface area (Å²) in [5.74, 6) is 0.481. The molecule has 3 N–H and O–H groups in total. The summed E-state index contributed by atoms with van der Waals surface area (Å²) in [6, 6.07) is 6.07. The lowest BCUT2D eigenvalue weighted by molar-refractivity contribution is 0.100. The van der Waals surface area contributed by atoms with Crippen LogP contribution in [0.2, 0.25) is 0 Å². The number of rotatable bonds is 5. The maximum absolute atomic E-state index is 12.7. The molecule has 1 amide bonds. The fourth-order valence-electron chi connectivity index (χ4n) is 3.02. The normalized spacial score (nSPS) is 17.0. The van der Waals surface area contributed by atoms with Crippen molar-refractivity contribution in [3.63, 3.8) is 0 Å². The van der Waals surface area contributed by atoms with Crippen molar-refractivity contribution in [1.82, 2.24) is 0 Å². The molecule has 1 atom stereocenters. The molecule has 1 aromatic carbocycles. The molecule has 0 fully saturated rings. The monoisotopic (exact) mass is 380 g/mol. The maximum atomic E-state index is 12.7. The Morgan fingerprint density at radius 3 is 2.60 bits per heavy atom. The van der Waals surface area contributed by atoms with Crippen LogP contribution in [0, 0.1) is 5.92 Å². The van der Waals surface area contributed by atoms with Gasteiger partial charge in [0.2, 0.25) is 0 Å². The number of carbonyl (C=O) groups excluding carboxylic acids is 1. The zero-order chi connectivity index (χ0) is 18.2. The molecule has 2 aromatic rings. The third-order valence-electron chi connectivity index (χ3n) is 4.35. The van der Waals surface area contributed by atoms with E-state index in [1.165, 1.54) is 30.6 Å². The average Bonchev–Trinajstić information content (AvgIpc) is 2.91. The van der Waals surface area contributed by atoms with Gasteiger partial charge in [0.05, 0.1) is 17.6 Å². The van der Waals surface area contributed by atoms with E-state index in [0.29, 0.717) is 22.2 Å². The second-order valence-electron chi connectivity index (χ2n) is 6.20. The van der Waals surface area contributed by atoms with Crippen LogP contribution in [0.4, 0.5) is 5.00 Å². The van der Waals surface area contributed by atoms with Crippen LogP contribution in [0.3, 0.4) is 0 Å². The third-order valence-corrected chi connectivity index (χ3v) is 7.02. The van der Waals surface area contributed by atoms with Crippen molar-refractivity contribution in [2.45, 2.75) is 31.1 Å². The minimum atomic E-state index is -3.81. The van der Waals surface area contributed by atoms with E-state index in [1.807, 2.05) is 0 Å². The van der Waals surface area contributed by atoms with E-state index in [1.54, 1.807) is 12.1 Å². The topological polar surface area (TPSA) is 98.5 Å². The Bertz CT molecular complexity index is 901. The van der Waals surface area contributed by atoms with Crippen LogP contribution in [-0.2, 0) is 22.9 Å². The van der Waals surface area contributed by atoms with Crippen molar-refractivity contribution in [3.05, 3.63) is 40.3 Å². The molecule has 25 heavy (non-hydrogen) atoms. The number of carbonyl (C=O) groups is 1. The summed E-state index contributed by atoms with van der Waals surface area (Å²) in [5, 5.41) is 0.308.